The monoisotopic (exact) mass is 425 g/mol. The lowest BCUT2D eigenvalue weighted by Gasteiger charge is -2.38. The third kappa shape index (κ3) is 4.60. The lowest BCUT2D eigenvalue weighted by molar-refractivity contribution is 0.0300. The highest BCUT2D eigenvalue weighted by atomic mass is 32.2. The maximum atomic E-state index is 13.3. The minimum atomic E-state index is -3.64. The zero-order valence-electron chi connectivity index (χ0n) is 17.5. The lowest BCUT2D eigenvalue weighted by atomic mass is 9.98. The largest absolute Gasteiger partial charge is 0.378 e. The first kappa shape index (κ1) is 22.1. The molecule has 1 amide bonds. The van der Waals surface area contributed by atoms with Crippen LogP contribution in [0.1, 0.15) is 61.0 Å². The molecule has 2 aliphatic heterocycles. The Bertz CT molecular complexity index is 822. The second-order valence-electron chi connectivity index (χ2n) is 7.34. The van der Waals surface area contributed by atoms with Crippen LogP contribution in [0.2, 0.25) is 0 Å². The van der Waals surface area contributed by atoms with E-state index in [0.29, 0.717) is 69.4 Å². The van der Waals surface area contributed by atoms with Crippen LogP contribution >= 0.6 is 0 Å². The summed E-state index contributed by atoms with van der Waals surface area (Å²) in [7, 11) is -3.64. The minimum absolute atomic E-state index is 0.158. The Hall–Kier alpha value is -1.62. The Labute approximate surface area is 173 Å². The molecule has 2 fully saturated rings. The van der Waals surface area contributed by atoms with Gasteiger partial charge < -0.3 is 9.64 Å². The number of rotatable bonds is 6. The molecule has 1 aromatic heterocycles. The second kappa shape index (κ2) is 9.46. The van der Waals surface area contributed by atoms with E-state index in [9.17, 15) is 13.2 Å². The van der Waals surface area contributed by atoms with Crippen molar-refractivity contribution in [2.45, 2.75) is 46.1 Å². The summed E-state index contributed by atoms with van der Waals surface area (Å²) in [6.07, 6.45) is 3.88. The van der Waals surface area contributed by atoms with Crippen LogP contribution in [0.4, 0.5) is 0 Å². The van der Waals surface area contributed by atoms with E-state index in [2.05, 4.69) is 9.97 Å². The van der Waals surface area contributed by atoms with E-state index in [1.165, 1.54) is 8.61 Å². The van der Waals surface area contributed by atoms with Crippen molar-refractivity contribution in [1.82, 2.24) is 23.5 Å². The van der Waals surface area contributed by atoms with Gasteiger partial charge >= 0.3 is 0 Å². The average Bonchev–Trinajstić information content (AvgIpc) is 2.74. The number of morpholine rings is 1. The highest BCUT2D eigenvalue weighted by Gasteiger charge is 2.39. The van der Waals surface area contributed by atoms with Crippen LogP contribution in [-0.4, -0.2) is 83.7 Å². The van der Waals surface area contributed by atoms with Gasteiger partial charge in [0.05, 0.1) is 30.5 Å². The number of carbonyl (C=O) groups is 1. The molecule has 162 valence electrons. The third-order valence-electron chi connectivity index (χ3n) is 5.56. The second-order valence-corrected chi connectivity index (χ2v) is 9.22. The molecule has 29 heavy (non-hydrogen) atoms. The average molecular weight is 426 g/mol. The maximum Gasteiger partial charge on any atom is 0.282 e. The van der Waals surface area contributed by atoms with Gasteiger partial charge in [-0.15, -0.1) is 0 Å². The van der Waals surface area contributed by atoms with Crippen molar-refractivity contribution < 1.29 is 17.9 Å². The van der Waals surface area contributed by atoms with Crippen LogP contribution in [0, 0.1) is 6.92 Å². The summed E-state index contributed by atoms with van der Waals surface area (Å²) in [5.74, 6) is 0.373. The minimum Gasteiger partial charge on any atom is -0.378 e. The highest BCUT2D eigenvalue weighted by Crippen LogP contribution is 2.35. The van der Waals surface area contributed by atoms with Gasteiger partial charge in [0.25, 0.3) is 16.1 Å². The Balaban J connectivity index is 2.00. The maximum absolute atomic E-state index is 13.3. The molecule has 0 aliphatic carbocycles. The van der Waals surface area contributed by atoms with E-state index >= 15 is 0 Å². The predicted molar refractivity (Wildman–Crippen MR) is 109 cm³/mol. The van der Waals surface area contributed by atoms with Crippen LogP contribution in [-0.2, 0) is 14.9 Å². The molecule has 0 unspecified atom stereocenters. The van der Waals surface area contributed by atoms with Gasteiger partial charge in [0.1, 0.15) is 5.82 Å². The summed E-state index contributed by atoms with van der Waals surface area (Å²) >= 11 is 0. The van der Waals surface area contributed by atoms with Crippen molar-refractivity contribution in [3.8, 4) is 0 Å². The van der Waals surface area contributed by atoms with Crippen molar-refractivity contribution in [3.63, 3.8) is 0 Å². The standard InChI is InChI=1S/C19H31N5O4S/c1-4-23(5-2)29(26,27)24-9-7-6-8-17(24)18-16(14-20-15(3)21-18)19(25)22-10-12-28-13-11-22/h14,17H,4-13H2,1-3H3/t17-/m1/s1. The normalized spacial score (nSPS) is 21.5. The van der Waals surface area contributed by atoms with Crippen molar-refractivity contribution in [3.05, 3.63) is 23.3 Å². The zero-order valence-corrected chi connectivity index (χ0v) is 18.3. The fraction of sp³-hybridized carbons (Fsp3) is 0.737. The number of hydrogen-bond donors (Lipinski definition) is 0. The Morgan fingerprint density at radius 3 is 2.55 bits per heavy atom. The molecule has 10 heteroatoms. The van der Waals surface area contributed by atoms with E-state index in [4.69, 9.17) is 4.74 Å². The molecule has 0 aromatic carbocycles. The fourth-order valence-electron chi connectivity index (χ4n) is 4.00. The Kier molecular flexibility index (Phi) is 7.20. The van der Waals surface area contributed by atoms with Crippen LogP contribution in [0.5, 0.6) is 0 Å². The number of aromatic nitrogens is 2. The molecule has 1 atom stereocenters. The number of carbonyl (C=O) groups excluding carboxylic acids is 1. The summed E-state index contributed by atoms with van der Waals surface area (Å²) in [6, 6.07) is -0.462. The topological polar surface area (TPSA) is 95.9 Å². The van der Waals surface area contributed by atoms with Gasteiger partial charge in [0, 0.05) is 38.9 Å². The molecule has 1 aromatic rings. The quantitative estimate of drug-likeness (QED) is 0.683. The van der Waals surface area contributed by atoms with E-state index < -0.39 is 16.3 Å². The first-order valence-electron chi connectivity index (χ1n) is 10.4. The van der Waals surface area contributed by atoms with Gasteiger partial charge in [-0.2, -0.15) is 17.0 Å². The number of piperidine rings is 1. The predicted octanol–water partition coefficient (Wildman–Crippen LogP) is 1.37. The number of aryl methyl sites for hydroxylation is 1. The molecule has 0 saturated carbocycles. The molecule has 3 heterocycles. The molecular weight excluding hydrogens is 394 g/mol. The van der Waals surface area contributed by atoms with Crippen molar-refractivity contribution in [2.24, 2.45) is 0 Å². The Morgan fingerprint density at radius 1 is 1.21 bits per heavy atom. The molecule has 0 radical (unpaired) electrons. The molecule has 2 saturated heterocycles. The van der Waals surface area contributed by atoms with E-state index in [0.717, 1.165) is 12.8 Å². The number of ether oxygens (including phenoxy) is 1. The summed E-state index contributed by atoms with van der Waals surface area (Å²) in [6.45, 7) is 8.70. The van der Waals surface area contributed by atoms with Gasteiger partial charge in [-0.1, -0.05) is 20.3 Å². The highest BCUT2D eigenvalue weighted by molar-refractivity contribution is 7.86. The molecule has 3 rings (SSSR count). The van der Waals surface area contributed by atoms with Crippen molar-refractivity contribution in [2.75, 3.05) is 45.9 Å². The van der Waals surface area contributed by atoms with Gasteiger partial charge in [-0.25, -0.2) is 9.97 Å². The number of hydrogen-bond acceptors (Lipinski definition) is 6. The van der Waals surface area contributed by atoms with Gasteiger partial charge in [-0.05, 0) is 19.8 Å². The van der Waals surface area contributed by atoms with Crippen molar-refractivity contribution in [1.29, 1.82) is 0 Å². The van der Waals surface area contributed by atoms with Crippen LogP contribution in [0.3, 0.4) is 0 Å². The summed E-state index contributed by atoms with van der Waals surface area (Å²) in [5.41, 5.74) is 0.911. The van der Waals surface area contributed by atoms with Crippen LogP contribution in [0.25, 0.3) is 0 Å². The molecule has 0 spiro atoms. The van der Waals surface area contributed by atoms with E-state index in [1.54, 1.807) is 18.0 Å². The SMILES string of the molecule is CCN(CC)S(=O)(=O)N1CCCC[C@@H]1c1nc(C)ncc1C(=O)N1CCOCC1. The fourth-order valence-corrected chi connectivity index (χ4v) is 5.83. The first-order valence-corrected chi connectivity index (χ1v) is 11.8. The van der Waals surface area contributed by atoms with Gasteiger partial charge in [0.2, 0.25) is 0 Å². The molecule has 0 bridgehead atoms. The molecule has 9 nitrogen and oxygen atoms in total. The molecule has 0 N–H and O–H groups in total. The van der Waals surface area contributed by atoms with Gasteiger partial charge in [0.15, 0.2) is 0 Å². The zero-order chi connectivity index (χ0) is 21.0. The molecular formula is C19H31N5O4S. The van der Waals surface area contributed by atoms with E-state index in [-0.39, 0.29) is 5.91 Å². The summed E-state index contributed by atoms with van der Waals surface area (Å²) in [5, 5.41) is 0. The number of amides is 1. The van der Waals surface area contributed by atoms with Crippen LogP contribution in [0.15, 0.2) is 6.20 Å². The molecule has 2 aliphatic rings. The summed E-state index contributed by atoms with van der Waals surface area (Å²) < 4.78 is 34.9. The summed E-state index contributed by atoms with van der Waals surface area (Å²) in [4.78, 5) is 23.7. The lowest BCUT2D eigenvalue weighted by Crippen LogP contribution is -2.48. The Morgan fingerprint density at radius 2 is 1.90 bits per heavy atom. The first-order chi connectivity index (χ1) is 13.9. The van der Waals surface area contributed by atoms with Crippen LogP contribution < -0.4 is 0 Å². The van der Waals surface area contributed by atoms with Crippen molar-refractivity contribution >= 4 is 16.1 Å². The third-order valence-corrected chi connectivity index (χ3v) is 7.76. The van der Waals surface area contributed by atoms with Gasteiger partial charge in [-0.3, -0.25) is 4.79 Å². The smallest absolute Gasteiger partial charge is 0.282 e. The van der Waals surface area contributed by atoms with E-state index in [1.807, 2.05) is 13.8 Å². The number of nitrogens with zero attached hydrogens (tertiary/aromatic N) is 5.